The second kappa shape index (κ2) is 9.14. The number of phenolic OH excluding ortho intramolecular Hbond substituents is 1. The molecule has 0 aliphatic carbocycles. The predicted octanol–water partition coefficient (Wildman–Crippen LogP) is 4.33. The number of aryl methyl sites for hydroxylation is 2. The molecular formula is C22H18N4O7. The monoisotopic (exact) mass is 450 g/mol. The molecule has 168 valence electrons. The lowest BCUT2D eigenvalue weighted by Gasteiger charge is -2.10. The lowest BCUT2D eigenvalue weighted by Crippen LogP contribution is -2.16. The Morgan fingerprint density at radius 2 is 1.12 bits per heavy atom. The van der Waals surface area contributed by atoms with Crippen LogP contribution < -0.4 is 10.6 Å². The van der Waals surface area contributed by atoms with Crippen molar-refractivity contribution in [1.29, 1.82) is 0 Å². The second-order valence-electron chi connectivity index (χ2n) is 7.19. The highest BCUT2D eigenvalue weighted by molar-refractivity contribution is 6.09. The number of phenols is 1. The van der Waals surface area contributed by atoms with Crippen molar-refractivity contribution < 1.29 is 24.5 Å². The molecule has 11 nitrogen and oxygen atoms in total. The molecule has 0 aromatic heterocycles. The van der Waals surface area contributed by atoms with Gasteiger partial charge in [-0.05, 0) is 44.2 Å². The van der Waals surface area contributed by atoms with Gasteiger partial charge in [0.25, 0.3) is 23.2 Å². The van der Waals surface area contributed by atoms with Crippen molar-refractivity contribution in [1.82, 2.24) is 0 Å². The lowest BCUT2D eigenvalue weighted by molar-refractivity contribution is -0.385. The number of nitro benzene ring substituents is 2. The zero-order valence-corrected chi connectivity index (χ0v) is 17.5. The fourth-order valence-corrected chi connectivity index (χ4v) is 3.05. The Balaban J connectivity index is 1.83. The van der Waals surface area contributed by atoms with Crippen LogP contribution in [0.1, 0.15) is 31.8 Å². The van der Waals surface area contributed by atoms with Crippen LogP contribution in [0.3, 0.4) is 0 Å². The summed E-state index contributed by atoms with van der Waals surface area (Å²) in [5.41, 5.74) is 0.692. The Morgan fingerprint density at radius 1 is 0.727 bits per heavy atom. The molecule has 11 heteroatoms. The number of benzene rings is 3. The minimum absolute atomic E-state index is 0.0711. The molecule has 0 saturated carbocycles. The van der Waals surface area contributed by atoms with Crippen LogP contribution in [0.25, 0.3) is 0 Å². The van der Waals surface area contributed by atoms with E-state index in [9.17, 15) is 34.9 Å². The van der Waals surface area contributed by atoms with Crippen molar-refractivity contribution >= 4 is 34.6 Å². The van der Waals surface area contributed by atoms with E-state index in [-0.39, 0.29) is 39.6 Å². The number of amides is 2. The van der Waals surface area contributed by atoms with Crippen LogP contribution in [0, 0.1) is 34.1 Å². The molecule has 3 aromatic rings. The Labute approximate surface area is 187 Å². The Morgan fingerprint density at radius 3 is 1.48 bits per heavy atom. The standard InChI is InChI=1S/C22H18N4O7/c1-12-3-5-16(10-19(12)25(30)31)23-21(28)14-7-15(9-18(27)8-14)22(29)24-17-6-4-13(2)20(11-17)26(32)33/h3-11,27H,1-2H3,(H,23,28)(H,24,29). The van der Waals surface area contributed by atoms with Crippen LogP contribution >= 0.6 is 0 Å². The van der Waals surface area contributed by atoms with Crippen LogP contribution in [0.2, 0.25) is 0 Å². The van der Waals surface area contributed by atoms with Gasteiger partial charge in [-0.15, -0.1) is 0 Å². The first-order valence-corrected chi connectivity index (χ1v) is 9.52. The third-order valence-corrected chi connectivity index (χ3v) is 4.77. The van der Waals surface area contributed by atoms with Gasteiger partial charge >= 0.3 is 0 Å². The van der Waals surface area contributed by atoms with Crippen LogP contribution in [0.15, 0.2) is 54.6 Å². The number of anilines is 2. The van der Waals surface area contributed by atoms with Crippen molar-refractivity contribution in [3.63, 3.8) is 0 Å². The average Bonchev–Trinajstić information content (AvgIpc) is 2.75. The SMILES string of the molecule is Cc1ccc(NC(=O)c2cc(O)cc(C(=O)Nc3ccc(C)c([N+](=O)[O-])c3)c2)cc1[N+](=O)[O-]. The van der Waals surface area contributed by atoms with Gasteiger partial charge in [0.15, 0.2) is 0 Å². The van der Waals surface area contributed by atoms with E-state index in [4.69, 9.17) is 0 Å². The summed E-state index contributed by atoms with van der Waals surface area (Å²) < 4.78 is 0. The lowest BCUT2D eigenvalue weighted by atomic mass is 10.1. The number of nitrogens with zero attached hydrogens (tertiary/aromatic N) is 2. The van der Waals surface area contributed by atoms with Crippen molar-refractivity contribution in [2.75, 3.05) is 10.6 Å². The maximum atomic E-state index is 12.6. The summed E-state index contributed by atoms with van der Waals surface area (Å²) in [4.78, 5) is 46.3. The van der Waals surface area contributed by atoms with E-state index >= 15 is 0 Å². The van der Waals surface area contributed by atoms with Gasteiger partial charge in [-0.25, -0.2) is 0 Å². The van der Waals surface area contributed by atoms with Gasteiger partial charge in [-0.2, -0.15) is 0 Å². The van der Waals surface area contributed by atoms with Crippen LogP contribution in [-0.2, 0) is 0 Å². The van der Waals surface area contributed by atoms with E-state index in [2.05, 4.69) is 10.6 Å². The molecule has 2 amide bonds. The fraction of sp³-hybridized carbons (Fsp3) is 0.0909. The highest BCUT2D eigenvalue weighted by atomic mass is 16.6. The molecule has 3 aromatic carbocycles. The number of hydrogen-bond acceptors (Lipinski definition) is 7. The van der Waals surface area contributed by atoms with Crippen LogP contribution in [0.4, 0.5) is 22.7 Å². The second-order valence-corrected chi connectivity index (χ2v) is 7.19. The van der Waals surface area contributed by atoms with Gasteiger partial charge in [-0.3, -0.25) is 29.8 Å². The summed E-state index contributed by atoms with van der Waals surface area (Å²) in [6.07, 6.45) is 0. The van der Waals surface area contributed by atoms with Crippen LogP contribution in [0.5, 0.6) is 5.75 Å². The van der Waals surface area contributed by atoms with E-state index in [1.807, 2.05) is 0 Å². The fourth-order valence-electron chi connectivity index (χ4n) is 3.05. The highest BCUT2D eigenvalue weighted by Crippen LogP contribution is 2.25. The summed E-state index contributed by atoms with van der Waals surface area (Å²) in [6, 6.07) is 11.8. The molecule has 33 heavy (non-hydrogen) atoms. The van der Waals surface area contributed by atoms with Gasteiger partial charge in [0.05, 0.1) is 9.85 Å². The minimum atomic E-state index is -0.705. The number of carbonyl (C=O) groups excluding carboxylic acids is 2. The molecule has 0 bridgehead atoms. The number of nitrogens with one attached hydrogen (secondary N) is 2. The maximum Gasteiger partial charge on any atom is 0.274 e. The van der Waals surface area contributed by atoms with Crippen molar-refractivity contribution in [3.8, 4) is 5.75 Å². The first-order chi connectivity index (χ1) is 15.5. The first-order valence-electron chi connectivity index (χ1n) is 9.52. The Kier molecular flexibility index (Phi) is 6.34. The third kappa shape index (κ3) is 5.28. The molecule has 0 heterocycles. The number of rotatable bonds is 6. The van der Waals surface area contributed by atoms with Gasteiger partial charge in [0, 0.05) is 45.8 Å². The van der Waals surface area contributed by atoms with Gasteiger partial charge in [-0.1, -0.05) is 12.1 Å². The Bertz CT molecular complexity index is 1210. The summed E-state index contributed by atoms with van der Waals surface area (Å²) in [5.74, 6) is -1.77. The minimum Gasteiger partial charge on any atom is -0.508 e. The third-order valence-electron chi connectivity index (χ3n) is 4.77. The maximum absolute atomic E-state index is 12.6. The molecule has 3 N–H and O–H groups in total. The average molecular weight is 450 g/mol. The van der Waals surface area contributed by atoms with Gasteiger partial charge < -0.3 is 15.7 Å². The molecule has 0 spiro atoms. The zero-order chi connectivity index (χ0) is 24.3. The van der Waals surface area contributed by atoms with E-state index in [0.717, 1.165) is 12.1 Å². The molecule has 0 saturated heterocycles. The quantitative estimate of drug-likeness (QED) is 0.371. The highest BCUT2D eigenvalue weighted by Gasteiger charge is 2.17. The van der Waals surface area contributed by atoms with Gasteiger partial charge in [0.2, 0.25) is 0 Å². The molecule has 0 unspecified atom stereocenters. The van der Waals surface area contributed by atoms with Gasteiger partial charge in [0.1, 0.15) is 5.75 Å². The molecule has 0 radical (unpaired) electrons. The van der Waals surface area contributed by atoms with E-state index in [1.165, 1.54) is 42.5 Å². The van der Waals surface area contributed by atoms with Crippen molar-refractivity contribution in [2.24, 2.45) is 0 Å². The van der Waals surface area contributed by atoms with E-state index in [0.29, 0.717) is 11.1 Å². The predicted molar refractivity (Wildman–Crippen MR) is 120 cm³/mol. The topological polar surface area (TPSA) is 165 Å². The summed E-state index contributed by atoms with van der Waals surface area (Å²) in [5, 5.41) is 37.2. The smallest absolute Gasteiger partial charge is 0.274 e. The summed E-state index contributed by atoms with van der Waals surface area (Å²) >= 11 is 0. The van der Waals surface area contributed by atoms with Crippen LogP contribution in [-0.4, -0.2) is 26.8 Å². The molecular weight excluding hydrogens is 432 g/mol. The summed E-state index contributed by atoms with van der Waals surface area (Å²) in [6.45, 7) is 3.12. The van der Waals surface area contributed by atoms with Crippen molar-refractivity contribution in [3.05, 3.63) is 97.1 Å². The summed E-state index contributed by atoms with van der Waals surface area (Å²) in [7, 11) is 0. The zero-order valence-electron chi connectivity index (χ0n) is 17.5. The largest absolute Gasteiger partial charge is 0.508 e. The molecule has 0 atom stereocenters. The van der Waals surface area contributed by atoms with E-state index in [1.54, 1.807) is 13.8 Å². The Hall–Kier alpha value is -4.80. The molecule has 0 aliphatic rings. The van der Waals surface area contributed by atoms with E-state index < -0.39 is 21.7 Å². The molecule has 3 rings (SSSR count). The normalized spacial score (nSPS) is 10.4. The molecule has 0 aliphatic heterocycles. The molecule has 0 fully saturated rings. The number of aromatic hydroxyl groups is 1. The number of carbonyl (C=O) groups is 2. The number of nitro groups is 2. The first kappa shape index (κ1) is 22.9. The van der Waals surface area contributed by atoms with Crippen molar-refractivity contribution in [2.45, 2.75) is 13.8 Å². The number of hydrogen-bond donors (Lipinski definition) is 3.